The SMILES string of the molecule is CCCCC(N)c1ccc2c(c1)N(CCC(C)C)C(=O)CO2. The van der Waals surface area contributed by atoms with E-state index < -0.39 is 0 Å². The molecule has 4 nitrogen and oxygen atoms in total. The smallest absolute Gasteiger partial charge is 0.265 e. The van der Waals surface area contributed by atoms with Gasteiger partial charge in [0.25, 0.3) is 5.91 Å². The number of carbonyl (C=O) groups excluding carboxylic acids is 1. The van der Waals surface area contributed by atoms with Crippen LogP contribution in [0.1, 0.15) is 58.1 Å². The summed E-state index contributed by atoms with van der Waals surface area (Å²) in [6.07, 6.45) is 4.21. The molecule has 0 aromatic heterocycles. The zero-order valence-corrected chi connectivity index (χ0v) is 14.0. The monoisotopic (exact) mass is 304 g/mol. The van der Waals surface area contributed by atoms with Gasteiger partial charge in [-0.3, -0.25) is 4.79 Å². The van der Waals surface area contributed by atoms with Gasteiger partial charge >= 0.3 is 0 Å². The number of anilines is 1. The summed E-state index contributed by atoms with van der Waals surface area (Å²) in [6.45, 7) is 7.37. The van der Waals surface area contributed by atoms with Crippen LogP contribution in [0.2, 0.25) is 0 Å². The number of carbonyl (C=O) groups is 1. The molecule has 1 atom stereocenters. The van der Waals surface area contributed by atoms with Gasteiger partial charge in [-0.05, 0) is 36.5 Å². The predicted octanol–water partition coefficient (Wildman–Crippen LogP) is 3.65. The molecular formula is C18H28N2O2. The number of amides is 1. The Morgan fingerprint density at radius 3 is 2.77 bits per heavy atom. The van der Waals surface area contributed by atoms with E-state index in [2.05, 4.69) is 20.8 Å². The molecule has 0 radical (unpaired) electrons. The van der Waals surface area contributed by atoms with Crippen molar-refractivity contribution in [3.8, 4) is 5.75 Å². The van der Waals surface area contributed by atoms with Crippen molar-refractivity contribution in [2.45, 2.75) is 52.5 Å². The van der Waals surface area contributed by atoms with Crippen LogP contribution < -0.4 is 15.4 Å². The molecule has 2 N–H and O–H groups in total. The van der Waals surface area contributed by atoms with Crippen LogP contribution in [0.5, 0.6) is 5.75 Å². The van der Waals surface area contributed by atoms with Crippen molar-refractivity contribution in [1.82, 2.24) is 0 Å². The van der Waals surface area contributed by atoms with Gasteiger partial charge in [0.2, 0.25) is 0 Å². The second-order valence-electron chi connectivity index (χ2n) is 6.49. The Bertz CT molecular complexity index is 514. The third-order valence-corrected chi connectivity index (χ3v) is 4.15. The van der Waals surface area contributed by atoms with Crippen molar-refractivity contribution in [2.24, 2.45) is 11.7 Å². The van der Waals surface area contributed by atoms with Gasteiger partial charge in [0, 0.05) is 12.6 Å². The van der Waals surface area contributed by atoms with Crippen LogP contribution in [0.15, 0.2) is 18.2 Å². The number of hydrogen-bond acceptors (Lipinski definition) is 3. The van der Waals surface area contributed by atoms with E-state index >= 15 is 0 Å². The second-order valence-corrected chi connectivity index (χ2v) is 6.49. The van der Waals surface area contributed by atoms with E-state index in [9.17, 15) is 4.79 Å². The molecule has 0 spiro atoms. The van der Waals surface area contributed by atoms with Crippen molar-refractivity contribution >= 4 is 11.6 Å². The molecule has 0 bridgehead atoms. The molecule has 1 amide bonds. The number of nitrogens with zero attached hydrogens (tertiary/aromatic N) is 1. The lowest BCUT2D eigenvalue weighted by Gasteiger charge is -2.31. The number of unbranched alkanes of at least 4 members (excludes halogenated alkanes) is 1. The van der Waals surface area contributed by atoms with Gasteiger partial charge in [-0.1, -0.05) is 39.7 Å². The molecular weight excluding hydrogens is 276 g/mol. The van der Waals surface area contributed by atoms with E-state index in [0.717, 1.165) is 49.2 Å². The van der Waals surface area contributed by atoms with Gasteiger partial charge in [-0.2, -0.15) is 0 Å². The first-order chi connectivity index (χ1) is 10.5. The Kier molecular flexibility index (Phi) is 5.83. The number of fused-ring (bicyclic) bond motifs is 1. The number of hydrogen-bond donors (Lipinski definition) is 1. The molecule has 1 aromatic rings. The minimum atomic E-state index is 0.0224. The lowest BCUT2D eigenvalue weighted by Crippen LogP contribution is -2.39. The first-order valence-corrected chi connectivity index (χ1v) is 8.35. The minimum Gasteiger partial charge on any atom is -0.482 e. The average Bonchev–Trinajstić information content (AvgIpc) is 2.50. The van der Waals surface area contributed by atoms with Crippen LogP contribution in [-0.2, 0) is 4.79 Å². The molecule has 1 aliphatic heterocycles. The summed E-state index contributed by atoms with van der Waals surface area (Å²) in [6, 6.07) is 6.03. The third-order valence-electron chi connectivity index (χ3n) is 4.15. The van der Waals surface area contributed by atoms with E-state index in [4.69, 9.17) is 10.5 Å². The summed E-state index contributed by atoms with van der Waals surface area (Å²) in [5.74, 6) is 1.39. The van der Waals surface area contributed by atoms with Crippen molar-refractivity contribution in [1.29, 1.82) is 0 Å². The summed E-state index contributed by atoms with van der Waals surface area (Å²) < 4.78 is 5.56. The van der Waals surface area contributed by atoms with Gasteiger partial charge < -0.3 is 15.4 Å². The van der Waals surface area contributed by atoms with E-state index in [1.54, 1.807) is 0 Å². The third kappa shape index (κ3) is 4.01. The number of rotatable bonds is 7. The number of ether oxygens (including phenoxy) is 1. The topological polar surface area (TPSA) is 55.6 Å². The largest absolute Gasteiger partial charge is 0.482 e. The molecule has 22 heavy (non-hydrogen) atoms. The highest BCUT2D eigenvalue weighted by Gasteiger charge is 2.26. The number of nitrogens with two attached hydrogens (primary N) is 1. The van der Waals surface area contributed by atoms with Crippen molar-refractivity contribution < 1.29 is 9.53 Å². The first kappa shape index (κ1) is 16.8. The van der Waals surface area contributed by atoms with Crippen LogP contribution in [0.4, 0.5) is 5.69 Å². The lowest BCUT2D eigenvalue weighted by atomic mass is 10.0. The van der Waals surface area contributed by atoms with Gasteiger partial charge in [0.15, 0.2) is 6.61 Å². The summed E-state index contributed by atoms with van der Waals surface area (Å²) in [5, 5.41) is 0. The Morgan fingerprint density at radius 1 is 1.32 bits per heavy atom. The van der Waals surface area contributed by atoms with Gasteiger partial charge in [-0.15, -0.1) is 0 Å². The molecule has 0 saturated heterocycles. The Morgan fingerprint density at radius 2 is 2.09 bits per heavy atom. The lowest BCUT2D eigenvalue weighted by molar-refractivity contribution is -0.121. The predicted molar refractivity (Wildman–Crippen MR) is 90.2 cm³/mol. The van der Waals surface area contributed by atoms with Crippen molar-refractivity contribution in [3.05, 3.63) is 23.8 Å². The normalized spacial score (nSPS) is 15.7. The zero-order chi connectivity index (χ0) is 16.1. The molecule has 1 aliphatic rings. The van der Waals surface area contributed by atoms with Gasteiger partial charge in [0.1, 0.15) is 5.75 Å². The van der Waals surface area contributed by atoms with Crippen LogP contribution in [0, 0.1) is 5.92 Å². The van der Waals surface area contributed by atoms with E-state index in [1.165, 1.54) is 0 Å². The second kappa shape index (κ2) is 7.63. The Balaban J connectivity index is 2.21. The summed E-state index contributed by atoms with van der Waals surface area (Å²) in [4.78, 5) is 14.0. The number of benzene rings is 1. The van der Waals surface area contributed by atoms with Crippen LogP contribution in [-0.4, -0.2) is 19.1 Å². The van der Waals surface area contributed by atoms with Crippen LogP contribution in [0.25, 0.3) is 0 Å². The summed E-state index contributed by atoms with van der Waals surface area (Å²) >= 11 is 0. The van der Waals surface area contributed by atoms with E-state index in [0.29, 0.717) is 5.92 Å². The first-order valence-electron chi connectivity index (χ1n) is 8.35. The molecule has 0 aliphatic carbocycles. The highest BCUT2D eigenvalue weighted by Crippen LogP contribution is 2.35. The summed E-state index contributed by atoms with van der Waals surface area (Å²) in [7, 11) is 0. The minimum absolute atomic E-state index is 0.0224. The van der Waals surface area contributed by atoms with Crippen molar-refractivity contribution in [3.63, 3.8) is 0 Å². The van der Waals surface area contributed by atoms with Gasteiger partial charge in [0.05, 0.1) is 5.69 Å². The molecule has 122 valence electrons. The quantitative estimate of drug-likeness (QED) is 0.836. The maximum absolute atomic E-state index is 12.2. The van der Waals surface area contributed by atoms with Crippen LogP contribution >= 0.6 is 0 Å². The molecule has 1 aromatic carbocycles. The maximum Gasteiger partial charge on any atom is 0.265 e. The zero-order valence-electron chi connectivity index (χ0n) is 14.0. The summed E-state index contributed by atoms with van der Waals surface area (Å²) in [5.41, 5.74) is 8.23. The highest BCUT2D eigenvalue weighted by atomic mass is 16.5. The van der Waals surface area contributed by atoms with Gasteiger partial charge in [-0.25, -0.2) is 0 Å². The van der Waals surface area contributed by atoms with Crippen LogP contribution in [0.3, 0.4) is 0 Å². The highest BCUT2D eigenvalue weighted by molar-refractivity contribution is 5.97. The van der Waals surface area contributed by atoms with E-state index in [-0.39, 0.29) is 18.6 Å². The van der Waals surface area contributed by atoms with E-state index in [1.807, 2.05) is 23.1 Å². The molecule has 1 heterocycles. The molecule has 0 fully saturated rings. The fourth-order valence-corrected chi connectivity index (χ4v) is 2.67. The molecule has 1 unspecified atom stereocenters. The average molecular weight is 304 g/mol. The molecule has 0 saturated carbocycles. The Hall–Kier alpha value is -1.55. The van der Waals surface area contributed by atoms with Crippen molar-refractivity contribution in [2.75, 3.05) is 18.1 Å². The fourth-order valence-electron chi connectivity index (χ4n) is 2.67. The standard InChI is InChI=1S/C18H28N2O2/c1-4-5-6-15(19)14-7-8-17-16(11-14)20(10-9-13(2)3)18(21)12-22-17/h7-8,11,13,15H,4-6,9-10,12,19H2,1-3H3. The maximum atomic E-state index is 12.2. The molecule has 2 rings (SSSR count). The fraction of sp³-hybridized carbons (Fsp3) is 0.611. The molecule has 4 heteroatoms. The Labute approximate surface area is 133 Å².